The number of nitrogens with one attached hydrogen (secondary N) is 2. The standard InChI is InChI=1S/C18H26N4O3/c1-12-14(13(2)20-19-12)7-6-10-21(3)17(23)11-22-15-8-4-5-9-16(15)25-18(22)24/h4-5,8-9,12-14,19-20H,6-7,10-11H2,1-3H3. The summed E-state index contributed by atoms with van der Waals surface area (Å²) in [5, 5.41) is 0. The third-order valence-corrected chi connectivity index (χ3v) is 5.15. The SMILES string of the molecule is CC1NNC(C)C1CCCN(C)C(=O)Cn1c(=O)oc2ccccc21. The third-order valence-electron chi connectivity index (χ3n) is 5.15. The van der Waals surface area contributed by atoms with Gasteiger partial charge in [0.1, 0.15) is 6.54 Å². The lowest BCUT2D eigenvalue weighted by atomic mass is 9.91. The second-order valence-electron chi connectivity index (χ2n) is 6.91. The average molecular weight is 346 g/mol. The number of para-hydroxylation sites is 2. The van der Waals surface area contributed by atoms with Gasteiger partial charge < -0.3 is 9.32 Å². The molecule has 0 spiro atoms. The molecule has 2 heterocycles. The van der Waals surface area contributed by atoms with Crippen LogP contribution in [0.15, 0.2) is 33.5 Å². The summed E-state index contributed by atoms with van der Waals surface area (Å²) in [6.45, 7) is 5.03. The fourth-order valence-electron chi connectivity index (χ4n) is 3.52. The minimum absolute atomic E-state index is 0.00565. The van der Waals surface area contributed by atoms with E-state index in [9.17, 15) is 9.59 Å². The van der Waals surface area contributed by atoms with Crippen molar-refractivity contribution in [2.75, 3.05) is 13.6 Å². The van der Waals surface area contributed by atoms with Gasteiger partial charge in [0.15, 0.2) is 5.58 Å². The molecule has 0 radical (unpaired) electrons. The van der Waals surface area contributed by atoms with Gasteiger partial charge in [0.05, 0.1) is 5.52 Å². The fourth-order valence-corrected chi connectivity index (χ4v) is 3.52. The Morgan fingerprint density at radius 2 is 1.92 bits per heavy atom. The van der Waals surface area contributed by atoms with Gasteiger partial charge in [-0.25, -0.2) is 4.79 Å². The van der Waals surface area contributed by atoms with Gasteiger partial charge in [0.2, 0.25) is 5.91 Å². The number of carbonyl (C=O) groups is 1. The number of hydrazine groups is 1. The molecular formula is C18H26N4O3. The summed E-state index contributed by atoms with van der Waals surface area (Å²) >= 11 is 0. The van der Waals surface area contributed by atoms with Gasteiger partial charge in [0, 0.05) is 25.7 Å². The molecule has 7 heteroatoms. The van der Waals surface area contributed by atoms with Crippen LogP contribution in [-0.4, -0.2) is 41.1 Å². The molecule has 7 nitrogen and oxygen atoms in total. The molecule has 2 N–H and O–H groups in total. The average Bonchev–Trinajstić information content (AvgIpc) is 3.08. The minimum Gasteiger partial charge on any atom is -0.408 e. The highest BCUT2D eigenvalue weighted by Crippen LogP contribution is 2.20. The third kappa shape index (κ3) is 3.77. The molecule has 1 amide bonds. The summed E-state index contributed by atoms with van der Waals surface area (Å²) in [5.41, 5.74) is 7.67. The molecule has 0 aliphatic carbocycles. The number of aromatic nitrogens is 1. The largest absolute Gasteiger partial charge is 0.420 e. The Balaban J connectivity index is 1.55. The van der Waals surface area contributed by atoms with Crippen molar-refractivity contribution in [3.63, 3.8) is 0 Å². The zero-order valence-corrected chi connectivity index (χ0v) is 15.0. The van der Waals surface area contributed by atoms with Crippen LogP contribution in [0.1, 0.15) is 26.7 Å². The quantitative estimate of drug-likeness (QED) is 0.825. The van der Waals surface area contributed by atoms with Crippen LogP contribution < -0.4 is 16.6 Å². The van der Waals surface area contributed by atoms with Gasteiger partial charge in [-0.05, 0) is 44.7 Å². The highest BCUT2D eigenvalue weighted by atomic mass is 16.4. The Morgan fingerprint density at radius 3 is 2.64 bits per heavy atom. The van der Waals surface area contributed by atoms with E-state index in [4.69, 9.17) is 4.42 Å². The molecule has 1 fully saturated rings. The van der Waals surface area contributed by atoms with Crippen molar-refractivity contribution in [2.45, 2.75) is 45.3 Å². The van der Waals surface area contributed by atoms with Gasteiger partial charge in [-0.1, -0.05) is 12.1 Å². The molecule has 2 unspecified atom stereocenters. The van der Waals surface area contributed by atoms with E-state index in [2.05, 4.69) is 24.7 Å². The smallest absolute Gasteiger partial charge is 0.408 e. The number of carbonyl (C=O) groups excluding carboxylic acids is 1. The van der Waals surface area contributed by atoms with Gasteiger partial charge in [-0.15, -0.1) is 0 Å². The first-order valence-electron chi connectivity index (χ1n) is 8.80. The van der Waals surface area contributed by atoms with E-state index < -0.39 is 5.76 Å². The van der Waals surface area contributed by atoms with Crippen LogP contribution in [0.5, 0.6) is 0 Å². The molecule has 0 bridgehead atoms. The van der Waals surface area contributed by atoms with Crippen molar-refractivity contribution in [1.82, 2.24) is 20.3 Å². The maximum atomic E-state index is 12.5. The van der Waals surface area contributed by atoms with Crippen LogP contribution in [0.3, 0.4) is 0 Å². The molecule has 25 heavy (non-hydrogen) atoms. The van der Waals surface area contributed by atoms with Crippen LogP contribution in [-0.2, 0) is 11.3 Å². The molecule has 0 saturated carbocycles. The van der Waals surface area contributed by atoms with Crippen molar-refractivity contribution < 1.29 is 9.21 Å². The van der Waals surface area contributed by atoms with Crippen molar-refractivity contribution in [3.8, 4) is 0 Å². The number of amides is 1. The molecule has 1 saturated heterocycles. The molecule has 1 aliphatic rings. The molecule has 2 atom stereocenters. The summed E-state index contributed by atoms with van der Waals surface area (Å²) < 4.78 is 6.57. The maximum Gasteiger partial charge on any atom is 0.420 e. The predicted octanol–water partition coefficient (Wildman–Crippen LogP) is 1.33. The molecule has 1 aliphatic heterocycles. The maximum absolute atomic E-state index is 12.5. The number of hydrogen-bond donors (Lipinski definition) is 2. The number of benzene rings is 1. The number of likely N-dealkylation sites (N-methyl/N-ethyl adjacent to an activating group) is 1. The Bertz CT molecular complexity index is 787. The first-order chi connectivity index (χ1) is 12.0. The molecule has 2 aromatic rings. The zero-order chi connectivity index (χ0) is 18.0. The van der Waals surface area contributed by atoms with Crippen LogP contribution >= 0.6 is 0 Å². The lowest BCUT2D eigenvalue weighted by Gasteiger charge is -2.21. The van der Waals surface area contributed by atoms with Gasteiger partial charge in [0.25, 0.3) is 0 Å². The first-order valence-corrected chi connectivity index (χ1v) is 8.80. The molecule has 1 aromatic heterocycles. The topological polar surface area (TPSA) is 79.5 Å². The number of fused-ring (bicyclic) bond motifs is 1. The Kier molecular flexibility index (Phi) is 5.24. The van der Waals surface area contributed by atoms with E-state index in [-0.39, 0.29) is 12.5 Å². The predicted molar refractivity (Wildman–Crippen MR) is 96.0 cm³/mol. The van der Waals surface area contributed by atoms with Crippen molar-refractivity contribution >= 4 is 17.0 Å². The number of rotatable bonds is 6. The summed E-state index contributed by atoms with van der Waals surface area (Å²) in [7, 11) is 1.79. The minimum atomic E-state index is -0.492. The van der Waals surface area contributed by atoms with Gasteiger partial charge in [-0.3, -0.25) is 20.2 Å². The Labute approximate surface area is 146 Å². The summed E-state index contributed by atoms with van der Waals surface area (Å²) in [4.78, 5) is 26.1. The van der Waals surface area contributed by atoms with Gasteiger partial charge >= 0.3 is 5.76 Å². The van der Waals surface area contributed by atoms with E-state index in [0.29, 0.717) is 35.6 Å². The van der Waals surface area contributed by atoms with Gasteiger partial charge in [-0.2, -0.15) is 0 Å². The zero-order valence-electron chi connectivity index (χ0n) is 15.0. The van der Waals surface area contributed by atoms with Crippen molar-refractivity contribution in [3.05, 3.63) is 34.8 Å². The van der Waals surface area contributed by atoms with Crippen LogP contribution in [0, 0.1) is 5.92 Å². The first kappa shape index (κ1) is 17.7. The lowest BCUT2D eigenvalue weighted by Crippen LogP contribution is -2.34. The lowest BCUT2D eigenvalue weighted by molar-refractivity contribution is -0.130. The van der Waals surface area contributed by atoms with E-state index in [1.165, 1.54) is 4.57 Å². The number of oxazole rings is 1. The number of nitrogens with zero attached hydrogens (tertiary/aromatic N) is 2. The van der Waals surface area contributed by atoms with Crippen LogP contribution in [0.25, 0.3) is 11.1 Å². The summed E-state index contributed by atoms with van der Waals surface area (Å²) in [5.74, 6) is -0.0185. The second kappa shape index (κ2) is 7.41. The molecule has 1 aromatic carbocycles. The van der Waals surface area contributed by atoms with Crippen molar-refractivity contribution in [1.29, 1.82) is 0 Å². The molecule has 3 rings (SSSR count). The monoisotopic (exact) mass is 346 g/mol. The fraction of sp³-hybridized carbons (Fsp3) is 0.556. The number of hydrogen-bond acceptors (Lipinski definition) is 5. The second-order valence-corrected chi connectivity index (χ2v) is 6.91. The van der Waals surface area contributed by atoms with E-state index in [0.717, 1.165) is 12.8 Å². The van der Waals surface area contributed by atoms with Crippen molar-refractivity contribution in [2.24, 2.45) is 5.92 Å². The summed E-state index contributed by atoms with van der Waals surface area (Å²) in [6.07, 6.45) is 1.99. The van der Waals surface area contributed by atoms with E-state index >= 15 is 0 Å². The summed E-state index contributed by atoms with van der Waals surface area (Å²) in [6, 6.07) is 8.02. The highest BCUT2D eigenvalue weighted by Gasteiger charge is 2.29. The van der Waals surface area contributed by atoms with E-state index in [1.807, 2.05) is 6.07 Å². The van der Waals surface area contributed by atoms with Crippen LogP contribution in [0.4, 0.5) is 0 Å². The molecule has 136 valence electrons. The Morgan fingerprint density at radius 1 is 1.24 bits per heavy atom. The van der Waals surface area contributed by atoms with Crippen LogP contribution in [0.2, 0.25) is 0 Å². The normalized spacial score (nSPS) is 23.2. The highest BCUT2D eigenvalue weighted by molar-refractivity contribution is 5.79. The van der Waals surface area contributed by atoms with E-state index in [1.54, 1.807) is 30.1 Å². The Hall–Kier alpha value is -2.12. The molecular weight excluding hydrogens is 320 g/mol.